The van der Waals surface area contributed by atoms with E-state index in [2.05, 4.69) is 19.8 Å². The molecule has 3 heterocycles. The fourth-order valence-electron chi connectivity index (χ4n) is 4.88. The highest BCUT2D eigenvalue weighted by Crippen LogP contribution is 2.27. The summed E-state index contributed by atoms with van der Waals surface area (Å²) in [6.45, 7) is 6.33. The zero-order chi connectivity index (χ0) is 31.0. The molecule has 236 valence electrons. The predicted octanol–water partition coefficient (Wildman–Crippen LogP) is 2.85. The van der Waals surface area contributed by atoms with Crippen LogP contribution < -0.4 is 0 Å². The number of rotatable bonds is 7. The standard InChI is InChI=1S/C32H40N4O8/c37-31(38)28-10-4-8-26(33-28)24-35-12-16-41-20-22-43-18-14-36(15-19-44-23-21-42-17-13-35)30(25-6-2-1-3-7-25)27-9-5-11-29(34-27)32(39)40/h1-11,30H,12-24H2,(H,37,38)(H,39,40). The van der Waals surface area contributed by atoms with Gasteiger partial charge in [-0.2, -0.15) is 0 Å². The van der Waals surface area contributed by atoms with Crippen LogP contribution in [0.15, 0.2) is 66.7 Å². The van der Waals surface area contributed by atoms with Crippen LogP contribution in [0.5, 0.6) is 0 Å². The smallest absolute Gasteiger partial charge is 0.354 e. The largest absolute Gasteiger partial charge is 0.477 e. The second-order valence-corrected chi connectivity index (χ2v) is 10.1. The van der Waals surface area contributed by atoms with E-state index in [1.165, 1.54) is 12.1 Å². The number of carbonyl (C=O) groups is 2. The number of ether oxygens (including phenoxy) is 4. The molecule has 0 saturated carbocycles. The van der Waals surface area contributed by atoms with Crippen molar-refractivity contribution >= 4 is 11.9 Å². The lowest BCUT2D eigenvalue weighted by molar-refractivity contribution is 0.00331. The molecule has 1 atom stereocenters. The van der Waals surface area contributed by atoms with Gasteiger partial charge >= 0.3 is 11.9 Å². The minimum absolute atomic E-state index is 0.00442. The summed E-state index contributed by atoms with van der Waals surface area (Å²) >= 11 is 0. The number of pyridine rings is 2. The fourth-order valence-corrected chi connectivity index (χ4v) is 4.88. The summed E-state index contributed by atoms with van der Waals surface area (Å²) in [5.74, 6) is -2.13. The molecule has 4 rings (SSSR count). The van der Waals surface area contributed by atoms with Gasteiger partial charge in [0, 0.05) is 32.7 Å². The van der Waals surface area contributed by atoms with E-state index in [4.69, 9.17) is 18.9 Å². The molecule has 12 heteroatoms. The molecule has 0 radical (unpaired) electrons. The molecule has 0 spiro atoms. The third-order valence-corrected chi connectivity index (χ3v) is 7.06. The second kappa shape index (κ2) is 18.1. The quantitative estimate of drug-likeness (QED) is 0.407. The summed E-state index contributed by atoms with van der Waals surface area (Å²) in [5.41, 5.74) is 2.31. The molecular weight excluding hydrogens is 568 g/mol. The van der Waals surface area contributed by atoms with Crippen LogP contribution in [0.25, 0.3) is 0 Å². The molecule has 3 aromatic rings. The number of benzene rings is 1. The maximum absolute atomic E-state index is 11.7. The van der Waals surface area contributed by atoms with Gasteiger partial charge in [-0.1, -0.05) is 42.5 Å². The van der Waals surface area contributed by atoms with Crippen molar-refractivity contribution in [1.29, 1.82) is 0 Å². The Morgan fingerprint density at radius 1 is 0.636 bits per heavy atom. The number of nitrogens with zero attached hydrogens (tertiary/aromatic N) is 4. The Morgan fingerprint density at radius 2 is 1.16 bits per heavy atom. The predicted molar refractivity (Wildman–Crippen MR) is 161 cm³/mol. The van der Waals surface area contributed by atoms with Gasteiger partial charge in [0.05, 0.1) is 70.3 Å². The minimum Gasteiger partial charge on any atom is -0.477 e. The lowest BCUT2D eigenvalue weighted by Gasteiger charge is -2.32. The SMILES string of the molecule is O=C(O)c1cccc(CN2CCOCCOCCN(C(c3ccccc3)c3cccc(C(=O)O)n3)CCOCCOCC2)n1. The van der Waals surface area contributed by atoms with Crippen LogP contribution in [-0.2, 0) is 25.5 Å². The Balaban J connectivity index is 1.38. The van der Waals surface area contributed by atoms with Gasteiger partial charge in [0.2, 0.25) is 0 Å². The topological polar surface area (TPSA) is 144 Å². The summed E-state index contributed by atoms with van der Waals surface area (Å²) in [6.07, 6.45) is 0. The van der Waals surface area contributed by atoms with Gasteiger partial charge in [0.25, 0.3) is 0 Å². The van der Waals surface area contributed by atoms with E-state index < -0.39 is 11.9 Å². The summed E-state index contributed by atoms with van der Waals surface area (Å²) in [5, 5.41) is 18.8. The van der Waals surface area contributed by atoms with Crippen LogP contribution in [0, 0.1) is 0 Å². The van der Waals surface area contributed by atoms with E-state index in [0.717, 1.165) is 5.56 Å². The van der Waals surface area contributed by atoms with E-state index in [-0.39, 0.29) is 17.4 Å². The van der Waals surface area contributed by atoms with Crippen molar-refractivity contribution in [1.82, 2.24) is 19.8 Å². The molecule has 1 fully saturated rings. The van der Waals surface area contributed by atoms with Crippen LogP contribution in [0.4, 0.5) is 0 Å². The van der Waals surface area contributed by atoms with Crippen molar-refractivity contribution in [3.8, 4) is 0 Å². The van der Waals surface area contributed by atoms with Crippen molar-refractivity contribution in [2.24, 2.45) is 0 Å². The van der Waals surface area contributed by atoms with E-state index in [0.29, 0.717) is 97.0 Å². The van der Waals surface area contributed by atoms with Gasteiger partial charge in [-0.15, -0.1) is 0 Å². The van der Waals surface area contributed by atoms with E-state index in [1.807, 2.05) is 42.5 Å². The number of carboxylic acids is 2. The maximum atomic E-state index is 11.7. The normalized spacial score (nSPS) is 18.1. The van der Waals surface area contributed by atoms with E-state index in [9.17, 15) is 19.8 Å². The Hall–Kier alpha value is -3.78. The summed E-state index contributed by atoms with van der Waals surface area (Å²) in [6, 6.07) is 19.6. The first kappa shape index (κ1) is 33.1. The zero-order valence-corrected chi connectivity index (χ0v) is 24.8. The third kappa shape index (κ3) is 10.7. The molecular formula is C32H40N4O8. The molecule has 1 aliphatic rings. The summed E-state index contributed by atoms with van der Waals surface area (Å²) in [7, 11) is 0. The lowest BCUT2D eigenvalue weighted by Crippen LogP contribution is -2.36. The molecule has 1 aromatic carbocycles. The summed E-state index contributed by atoms with van der Waals surface area (Å²) in [4.78, 5) is 36.0. The highest BCUT2D eigenvalue weighted by Gasteiger charge is 2.24. The first-order valence-corrected chi connectivity index (χ1v) is 14.7. The van der Waals surface area contributed by atoms with Crippen LogP contribution in [0.1, 0.15) is 44.0 Å². The van der Waals surface area contributed by atoms with Crippen molar-refractivity contribution in [3.63, 3.8) is 0 Å². The average Bonchev–Trinajstić information content (AvgIpc) is 3.03. The van der Waals surface area contributed by atoms with Gasteiger partial charge in [-0.25, -0.2) is 19.6 Å². The number of aromatic carboxylic acids is 2. The lowest BCUT2D eigenvalue weighted by atomic mass is 10.0. The molecule has 0 amide bonds. The van der Waals surface area contributed by atoms with Crippen LogP contribution >= 0.6 is 0 Å². The van der Waals surface area contributed by atoms with Crippen molar-refractivity contribution in [3.05, 3.63) is 95.1 Å². The van der Waals surface area contributed by atoms with Crippen molar-refractivity contribution in [2.75, 3.05) is 79.0 Å². The Bertz CT molecular complexity index is 1290. The van der Waals surface area contributed by atoms with Crippen molar-refractivity contribution < 1.29 is 38.7 Å². The first-order chi connectivity index (χ1) is 21.5. The van der Waals surface area contributed by atoms with E-state index >= 15 is 0 Å². The van der Waals surface area contributed by atoms with Crippen LogP contribution in [-0.4, -0.2) is 121 Å². The zero-order valence-electron chi connectivity index (χ0n) is 24.8. The van der Waals surface area contributed by atoms with Gasteiger partial charge < -0.3 is 29.2 Å². The van der Waals surface area contributed by atoms with Crippen LogP contribution in [0.2, 0.25) is 0 Å². The molecule has 12 nitrogen and oxygen atoms in total. The van der Waals surface area contributed by atoms with Gasteiger partial charge in [-0.05, 0) is 29.8 Å². The second-order valence-electron chi connectivity index (χ2n) is 10.1. The average molecular weight is 609 g/mol. The van der Waals surface area contributed by atoms with Gasteiger partial charge in [0.15, 0.2) is 0 Å². The molecule has 0 bridgehead atoms. The maximum Gasteiger partial charge on any atom is 0.354 e. The number of hydrogen-bond donors (Lipinski definition) is 2. The molecule has 1 aliphatic heterocycles. The Labute approximate surface area is 257 Å². The van der Waals surface area contributed by atoms with Crippen LogP contribution in [0.3, 0.4) is 0 Å². The molecule has 1 unspecified atom stereocenters. The number of carboxylic acid groups (broad SMARTS) is 2. The molecule has 0 aliphatic carbocycles. The van der Waals surface area contributed by atoms with Crippen molar-refractivity contribution in [2.45, 2.75) is 12.6 Å². The highest BCUT2D eigenvalue weighted by molar-refractivity contribution is 5.85. The minimum atomic E-state index is -1.07. The van der Waals surface area contributed by atoms with Gasteiger partial charge in [0.1, 0.15) is 11.4 Å². The number of aromatic nitrogens is 2. The van der Waals surface area contributed by atoms with Gasteiger partial charge in [-0.3, -0.25) is 9.80 Å². The summed E-state index contributed by atoms with van der Waals surface area (Å²) < 4.78 is 23.5. The first-order valence-electron chi connectivity index (χ1n) is 14.7. The monoisotopic (exact) mass is 608 g/mol. The molecule has 2 N–H and O–H groups in total. The molecule has 2 aromatic heterocycles. The molecule has 1 saturated heterocycles. The number of hydrogen-bond acceptors (Lipinski definition) is 10. The third-order valence-electron chi connectivity index (χ3n) is 7.06. The van der Waals surface area contributed by atoms with E-state index in [1.54, 1.807) is 12.1 Å². The highest BCUT2D eigenvalue weighted by atomic mass is 16.5. The Morgan fingerprint density at radius 3 is 1.73 bits per heavy atom. The fraction of sp³-hybridized carbons (Fsp3) is 0.438. The Kier molecular flexibility index (Phi) is 13.6. The molecule has 44 heavy (non-hydrogen) atoms.